The molecule has 0 saturated carbocycles. The summed E-state index contributed by atoms with van der Waals surface area (Å²) in [4.78, 5) is 14.2. The van der Waals surface area contributed by atoms with Crippen LogP contribution < -0.4 is 4.74 Å². The summed E-state index contributed by atoms with van der Waals surface area (Å²) < 4.78 is 41.5. The standard InChI is InChI=1S/C38H37F2N5O2.CH4O/c1-38(2)15-4-3-10-35(26-9-5-7-25(19-26)8-6-18-46)45-36(14-17-42-45)30-20-28(11-12-32(30)39)47-37-31(24-44-23-27(38)22-43-44)29-13-16-41-34(29)21-33(37)40;1-2/h5,7,9,11-14,16-23,35,41H,3-4,6,8,10,15,24H2,1-2H3;2H,1H3. The number of aliphatic hydroxyl groups excluding tert-OH is 1. The number of carbonyl (C=O) groups is 1. The zero-order valence-electron chi connectivity index (χ0n) is 28.0. The van der Waals surface area contributed by atoms with E-state index in [0.29, 0.717) is 47.5 Å². The maximum absolute atomic E-state index is 15.8. The second-order valence-electron chi connectivity index (χ2n) is 13.0. The summed E-state index contributed by atoms with van der Waals surface area (Å²) in [6.07, 6.45) is 13.0. The summed E-state index contributed by atoms with van der Waals surface area (Å²) in [6, 6.07) is 17.7. The van der Waals surface area contributed by atoms with E-state index in [1.165, 1.54) is 18.2 Å². The van der Waals surface area contributed by atoms with Crippen molar-refractivity contribution in [3.63, 3.8) is 0 Å². The van der Waals surface area contributed by atoms with E-state index in [2.05, 4.69) is 36.1 Å². The van der Waals surface area contributed by atoms with Crippen molar-refractivity contribution >= 4 is 17.2 Å². The quantitative estimate of drug-likeness (QED) is 0.184. The van der Waals surface area contributed by atoms with Gasteiger partial charge in [-0.05, 0) is 71.7 Å². The van der Waals surface area contributed by atoms with Gasteiger partial charge in [-0.3, -0.25) is 9.36 Å². The molecule has 1 aliphatic rings. The Hall–Kier alpha value is -5.09. The van der Waals surface area contributed by atoms with Gasteiger partial charge in [0.25, 0.3) is 0 Å². The van der Waals surface area contributed by atoms with Crippen molar-refractivity contribution in [2.45, 2.75) is 70.4 Å². The highest BCUT2D eigenvalue weighted by Gasteiger charge is 2.26. The number of benzene rings is 3. The van der Waals surface area contributed by atoms with Gasteiger partial charge < -0.3 is 19.6 Å². The summed E-state index contributed by atoms with van der Waals surface area (Å²) >= 11 is 0. The number of nitrogens with zero attached hydrogens (tertiary/aromatic N) is 4. The van der Waals surface area contributed by atoms with Crippen LogP contribution >= 0.6 is 0 Å². The monoisotopic (exact) mass is 665 g/mol. The van der Waals surface area contributed by atoms with Crippen molar-refractivity contribution in [3.8, 4) is 22.8 Å². The Balaban J connectivity index is 0.00000205. The summed E-state index contributed by atoms with van der Waals surface area (Å²) in [5.74, 6) is -0.576. The van der Waals surface area contributed by atoms with Gasteiger partial charge in [0.05, 0.1) is 24.5 Å². The van der Waals surface area contributed by atoms with E-state index in [0.717, 1.165) is 61.2 Å². The van der Waals surface area contributed by atoms with Gasteiger partial charge in [-0.15, -0.1) is 0 Å². The molecule has 3 aromatic carbocycles. The Bertz CT molecular complexity index is 2060. The molecule has 3 aromatic heterocycles. The molecule has 1 aliphatic heterocycles. The Kier molecular flexibility index (Phi) is 10.1. The highest BCUT2D eigenvalue weighted by Crippen LogP contribution is 2.39. The van der Waals surface area contributed by atoms with Crippen LogP contribution in [0, 0.1) is 11.6 Å². The first-order valence-corrected chi connectivity index (χ1v) is 16.6. The lowest BCUT2D eigenvalue weighted by molar-refractivity contribution is -0.107. The largest absolute Gasteiger partial charge is 0.454 e. The van der Waals surface area contributed by atoms with Gasteiger partial charge in [0.1, 0.15) is 17.9 Å². The van der Waals surface area contributed by atoms with Gasteiger partial charge in [0.2, 0.25) is 0 Å². The summed E-state index contributed by atoms with van der Waals surface area (Å²) in [6.45, 7) is 4.75. The number of halogens is 2. The number of aryl methyl sites for hydroxylation is 1. The highest BCUT2D eigenvalue weighted by molar-refractivity contribution is 5.85. The molecule has 7 rings (SSSR count). The van der Waals surface area contributed by atoms with Crippen LogP contribution in [0.1, 0.15) is 74.2 Å². The number of ether oxygens (including phenoxy) is 1. The molecule has 49 heavy (non-hydrogen) atoms. The lowest BCUT2D eigenvalue weighted by atomic mass is 9.81. The van der Waals surface area contributed by atoms with Gasteiger partial charge in [0, 0.05) is 60.2 Å². The molecule has 0 spiro atoms. The number of aromatic nitrogens is 5. The number of carbonyl (C=O) groups excluding carboxylic acids is 1. The second kappa shape index (κ2) is 14.6. The summed E-state index contributed by atoms with van der Waals surface area (Å²) in [7, 11) is 1.00. The predicted molar refractivity (Wildman–Crippen MR) is 186 cm³/mol. The average molecular weight is 666 g/mol. The minimum absolute atomic E-state index is 0.0746. The molecule has 8 nitrogen and oxygen atoms in total. The van der Waals surface area contributed by atoms with Crippen molar-refractivity contribution in [1.29, 1.82) is 0 Å². The first-order valence-electron chi connectivity index (χ1n) is 16.6. The maximum Gasteiger partial charge on any atom is 0.168 e. The molecule has 254 valence electrons. The van der Waals surface area contributed by atoms with Crippen LogP contribution in [-0.2, 0) is 23.2 Å². The van der Waals surface area contributed by atoms with Crippen LogP contribution in [0.4, 0.5) is 8.78 Å². The number of aldehydes is 1. The molecule has 10 heteroatoms. The second-order valence-corrected chi connectivity index (χ2v) is 13.0. The maximum atomic E-state index is 15.8. The normalized spacial score (nSPS) is 15.9. The van der Waals surface area contributed by atoms with Crippen molar-refractivity contribution in [2.75, 3.05) is 7.11 Å². The van der Waals surface area contributed by atoms with Gasteiger partial charge >= 0.3 is 0 Å². The van der Waals surface area contributed by atoms with Crippen LogP contribution in [0.5, 0.6) is 11.5 Å². The molecule has 1 atom stereocenters. The van der Waals surface area contributed by atoms with Gasteiger partial charge in [0.15, 0.2) is 11.6 Å². The zero-order valence-corrected chi connectivity index (χ0v) is 28.0. The highest BCUT2D eigenvalue weighted by atomic mass is 19.1. The summed E-state index contributed by atoms with van der Waals surface area (Å²) in [5, 5.41) is 17.2. The number of fused-ring (bicyclic) bond motifs is 9. The molecule has 2 N–H and O–H groups in total. The van der Waals surface area contributed by atoms with E-state index in [1.807, 2.05) is 40.0 Å². The Labute approximate surface area is 284 Å². The molecular weight excluding hydrogens is 624 g/mol. The Morgan fingerprint density at radius 2 is 1.90 bits per heavy atom. The molecule has 0 saturated heterocycles. The van der Waals surface area contributed by atoms with Crippen LogP contribution in [0.15, 0.2) is 85.5 Å². The fourth-order valence-corrected chi connectivity index (χ4v) is 6.77. The topological polar surface area (TPSA) is 98.0 Å². The predicted octanol–water partition coefficient (Wildman–Crippen LogP) is 8.53. The zero-order chi connectivity index (χ0) is 34.5. The molecule has 0 fully saturated rings. The molecule has 1 unspecified atom stereocenters. The Morgan fingerprint density at radius 3 is 2.73 bits per heavy atom. The number of rotatable bonds is 4. The van der Waals surface area contributed by atoms with Gasteiger partial charge in [-0.1, -0.05) is 51.0 Å². The third kappa shape index (κ3) is 7.05. The summed E-state index contributed by atoms with van der Waals surface area (Å²) in [5.41, 5.74) is 5.29. The fraction of sp³-hybridized carbons (Fsp3) is 0.308. The number of hydrogen-bond acceptors (Lipinski definition) is 5. The number of H-pyrrole nitrogens is 1. The van der Waals surface area contributed by atoms with Crippen LogP contribution in [0.25, 0.3) is 22.2 Å². The van der Waals surface area contributed by atoms with Crippen LogP contribution in [0.2, 0.25) is 0 Å². The van der Waals surface area contributed by atoms with Crippen LogP contribution in [-0.4, -0.2) is 43.0 Å². The van der Waals surface area contributed by atoms with E-state index in [9.17, 15) is 4.79 Å². The van der Waals surface area contributed by atoms with Gasteiger partial charge in [-0.25, -0.2) is 8.78 Å². The van der Waals surface area contributed by atoms with E-state index in [-0.39, 0.29) is 17.2 Å². The average Bonchev–Trinajstić information content (AvgIpc) is 3.89. The van der Waals surface area contributed by atoms with Crippen molar-refractivity contribution in [2.24, 2.45) is 0 Å². The molecule has 0 aliphatic carbocycles. The van der Waals surface area contributed by atoms with E-state index < -0.39 is 11.6 Å². The number of aromatic amines is 1. The van der Waals surface area contributed by atoms with Crippen LogP contribution in [0.3, 0.4) is 0 Å². The first kappa shape index (κ1) is 33.8. The smallest absolute Gasteiger partial charge is 0.168 e. The molecular formula is C39H41F2N5O3. The SMILES string of the molecule is CC1(C)CCCCC(c2cccc(CCC=O)c2)n2nccc2-c2cc(ccc2F)Oc2c(F)cc3[nH]ccc3c2Cn2cc1cn2.CO. The molecule has 0 radical (unpaired) electrons. The molecule has 4 bridgehead atoms. The van der Waals surface area contributed by atoms with Crippen molar-refractivity contribution < 1.29 is 23.4 Å². The molecule has 6 aromatic rings. The minimum Gasteiger partial charge on any atom is -0.454 e. The third-order valence-corrected chi connectivity index (χ3v) is 9.42. The van der Waals surface area contributed by atoms with E-state index >= 15 is 8.78 Å². The molecule has 4 heterocycles. The first-order chi connectivity index (χ1) is 23.8. The number of nitrogens with one attached hydrogen (secondary N) is 1. The third-order valence-electron chi connectivity index (χ3n) is 9.42. The number of hydrogen-bond donors (Lipinski definition) is 2. The lowest BCUT2D eigenvalue weighted by Crippen LogP contribution is -2.17. The number of aliphatic hydroxyl groups is 1. The fourth-order valence-electron chi connectivity index (χ4n) is 6.77. The van der Waals surface area contributed by atoms with Crippen molar-refractivity contribution in [3.05, 3.63) is 119 Å². The van der Waals surface area contributed by atoms with Gasteiger partial charge in [-0.2, -0.15) is 10.2 Å². The minimum atomic E-state index is -0.525. The molecule has 0 amide bonds. The van der Waals surface area contributed by atoms with Crippen molar-refractivity contribution in [1.82, 2.24) is 24.5 Å². The Morgan fingerprint density at radius 1 is 1.04 bits per heavy atom. The van der Waals surface area contributed by atoms with E-state index in [1.54, 1.807) is 24.5 Å². The lowest BCUT2D eigenvalue weighted by Gasteiger charge is -2.25. The van der Waals surface area contributed by atoms with E-state index in [4.69, 9.17) is 14.9 Å².